The largest absolute Gasteiger partial charge is 0.382 e. The third-order valence-electron chi connectivity index (χ3n) is 7.07. The number of hydrogen-bond donors (Lipinski definition) is 2. The van der Waals surface area contributed by atoms with E-state index in [-0.39, 0.29) is 5.41 Å². The minimum atomic E-state index is 0.00438. The van der Waals surface area contributed by atoms with Gasteiger partial charge in [-0.25, -0.2) is 0 Å². The van der Waals surface area contributed by atoms with Gasteiger partial charge in [-0.15, -0.1) is 0 Å². The third kappa shape index (κ3) is 3.22. The molecule has 32 heavy (non-hydrogen) atoms. The maximum atomic E-state index is 5.28. The summed E-state index contributed by atoms with van der Waals surface area (Å²) in [6.07, 6.45) is 6.76. The Kier molecular flexibility index (Phi) is 4.42. The fourth-order valence-electron chi connectivity index (χ4n) is 4.99. The van der Waals surface area contributed by atoms with Crippen molar-refractivity contribution in [1.82, 2.24) is 15.2 Å². The highest BCUT2D eigenvalue weighted by molar-refractivity contribution is 5.86. The number of nitrogens with one attached hydrogen (secondary N) is 2. The number of nitrogens with zero attached hydrogens (tertiary/aromatic N) is 2. The normalized spacial score (nSPS) is 16.7. The molecule has 160 valence electrons. The number of pyridine rings is 1. The van der Waals surface area contributed by atoms with Crippen molar-refractivity contribution >= 4 is 5.69 Å². The van der Waals surface area contributed by atoms with E-state index in [2.05, 4.69) is 90.0 Å². The van der Waals surface area contributed by atoms with Crippen molar-refractivity contribution < 1.29 is 0 Å². The molecule has 0 unspecified atom stereocenters. The van der Waals surface area contributed by atoms with Crippen molar-refractivity contribution in [2.75, 3.05) is 5.32 Å². The molecular formula is C28H28N4. The van der Waals surface area contributed by atoms with Crippen LogP contribution in [-0.2, 0) is 11.8 Å². The first-order chi connectivity index (χ1) is 15.6. The summed E-state index contributed by atoms with van der Waals surface area (Å²) in [6, 6.07) is 22.3. The number of aromatic nitrogens is 3. The molecular weight excluding hydrogens is 392 g/mol. The van der Waals surface area contributed by atoms with Gasteiger partial charge < -0.3 is 5.32 Å². The van der Waals surface area contributed by atoms with Gasteiger partial charge in [0.25, 0.3) is 0 Å². The average Bonchev–Trinajstić information content (AvgIpc) is 3.28. The predicted octanol–water partition coefficient (Wildman–Crippen LogP) is 6.60. The van der Waals surface area contributed by atoms with Crippen molar-refractivity contribution in [3.05, 3.63) is 78.1 Å². The molecule has 2 aromatic carbocycles. The standard InChI is InChI=1S/C28H28N4/c1-28(2)16-25-23(27-24(28)17-29-32-27)15-22(18-7-4-3-5-8-18)26(31-25)19-11-13-21(14-12-19)30-20-9-6-10-20/h3-5,7-8,11-15,17,20,30H,6,9-10,16H2,1-2H3,(H,29,32). The van der Waals surface area contributed by atoms with Crippen LogP contribution in [0.3, 0.4) is 0 Å². The molecule has 4 nitrogen and oxygen atoms in total. The first-order valence-corrected chi connectivity index (χ1v) is 11.6. The minimum absolute atomic E-state index is 0.00438. The first kappa shape index (κ1) is 19.3. The molecule has 0 spiro atoms. The van der Waals surface area contributed by atoms with Crippen LogP contribution in [0.1, 0.15) is 44.4 Å². The Morgan fingerprint density at radius 2 is 1.72 bits per heavy atom. The van der Waals surface area contributed by atoms with Crippen molar-refractivity contribution in [2.24, 2.45) is 0 Å². The van der Waals surface area contributed by atoms with Crippen LogP contribution < -0.4 is 5.32 Å². The lowest BCUT2D eigenvalue weighted by atomic mass is 9.74. The van der Waals surface area contributed by atoms with Gasteiger partial charge in [-0.05, 0) is 54.9 Å². The Balaban J connectivity index is 1.49. The van der Waals surface area contributed by atoms with Crippen LogP contribution in [0.15, 0.2) is 66.9 Å². The number of aromatic amines is 1. The van der Waals surface area contributed by atoms with Gasteiger partial charge in [0, 0.05) is 34.0 Å². The minimum Gasteiger partial charge on any atom is -0.382 e. The summed E-state index contributed by atoms with van der Waals surface area (Å²) < 4.78 is 0. The third-order valence-corrected chi connectivity index (χ3v) is 7.07. The van der Waals surface area contributed by atoms with Gasteiger partial charge in [-0.1, -0.05) is 56.3 Å². The van der Waals surface area contributed by atoms with Crippen molar-refractivity contribution in [3.63, 3.8) is 0 Å². The zero-order valence-corrected chi connectivity index (χ0v) is 18.7. The zero-order valence-electron chi connectivity index (χ0n) is 18.7. The number of anilines is 1. The summed E-state index contributed by atoms with van der Waals surface area (Å²) >= 11 is 0. The molecule has 1 fully saturated rings. The SMILES string of the molecule is CC1(C)Cc2nc(-c3ccc(NC4CCC4)cc3)c(-c3ccccc3)cc2-c2[nH]ncc21. The molecule has 0 saturated heterocycles. The van der Waals surface area contributed by atoms with E-state index in [1.165, 1.54) is 41.6 Å². The lowest BCUT2D eigenvalue weighted by Gasteiger charge is -2.31. The lowest BCUT2D eigenvalue weighted by Crippen LogP contribution is -2.26. The van der Waals surface area contributed by atoms with Crippen LogP contribution in [0, 0.1) is 0 Å². The maximum absolute atomic E-state index is 5.28. The molecule has 2 heterocycles. The first-order valence-electron chi connectivity index (χ1n) is 11.6. The van der Waals surface area contributed by atoms with Crippen molar-refractivity contribution in [1.29, 1.82) is 0 Å². The van der Waals surface area contributed by atoms with Gasteiger partial charge >= 0.3 is 0 Å². The lowest BCUT2D eigenvalue weighted by molar-refractivity contribution is 0.445. The quantitative estimate of drug-likeness (QED) is 0.391. The predicted molar refractivity (Wildman–Crippen MR) is 131 cm³/mol. The molecule has 0 bridgehead atoms. The molecule has 2 aromatic heterocycles. The van der Waals surface area contributed by atoms with Crippen LogP contribution >= 0.6 is 0 Å². The highest BCUT2D eigenvalue weighted by atomic mass is 15.1. The van der Waals surface area contributed by atoms with E-state index < -0.39 is 0 Å². The van der Waals surface area contributed by atoms with E-state index in [1.807, 2.05) is 6.20 Å². The molecule has 2 aliphatic rings. The van der Waals surface area contributed by atoms with Crippen LogP contribution in [-0.4, -0.2) is 21.2 Å². The van der Waals surface area contributed by atoms with Crippen molar-refractivity contribution in [3.8, 4) is 33.6 Å². The maximum Gasteiger partial charge on any atom is 0.0784 e. The van der Waals surface area contributed by atoms with Crippen LogP contribution in [0.25, 0.3) is 33.6 Å². The number of fused-ring (bicyclic) bond motifs is 3. The topological polar surface area (TPSA) is 53.6 Å². The molecule has 0 aliphatic heterocycles. The van der Waals surface area contributed by atoms with Crippen LogP contribution in [0.5, 0.6) is 0 Å². The molecule has 4 aromatic rings. The van der Waals surface area contributed by atoms with Gasteiger partial charge in [-0.3, -0.25) is 10.1 Å². The molecule has 2 aliphatic carbocycles. The number of rotatable bonds is 4. The second-order valence-electron chi connectivity index (χ2n) is 9.81. The van der Waals surface area contributed by atoms with E-state index in [9.17, 15) is 0 Å². The van der Waals surface area contributed by atoms with Gasteiger partial charge in [0.1, 0.15) is 0 Å². The Bertz CT molecular complexity index is 1260. The number of hydrogen-bond acceptors (Lipinski definition) is 3. The number of benzene rings is 2. The summed E-state index contributed by atoms with van der Waals surface area (Å²) in [5.41, 5.74) is 10.4. The summed E-state index contributed by atoms with van der Waals surface area (Å²) in [5.74, 6) is 0. The second-order valence-corrected chi connectivity index (χ2v) is 9.81. The Hall–Kier alpha value is -3.40. The highest BCUT2D eigenvalue weighted by Crippen LogP contribution is 2.44. The number of H-pyrrole nitrogens is 1. The van der Waals surface area contributed by atoms with E-state index in [1.54, 1.807) is 0 Å². The molecule has 0 atom stereocenters. The van der Waals surface area contributed by atoms with Crippen LogP contribution in [0.4, 0.5) is 5.69 Å². The average molecular weight is 421 g/mol. The fourth-order valence-corrected chi connectivity index (χ4v) is 4.99. The van der Waals surface area contributed by atoms with E-state index in [0.717, 1.165) is 34.6 Å². The van der Waals surface area contributed by atoms with Crippen LogP contribution in [0.2, 0.25) is 0 Å². The van der Waals surface area contributed by atoms with Gasteiger partial charge in [-0.2, -0.15) is 5.10 Å². The van der Waals surface area contributed by atoms with Gasteiger partial charge in [0.05, 0.1) is 23.3 Å². The summed E-state index contributed by atoms with van der Waals surface area (Å²) in [7, 11) is 0. The van der Waals surface area contributed by atoms with E-state index in [4.69, 9.17) is 4.98 Å². The molecule has 0 amide bonds. The Morgan fingerprint density at radius 1 is 0.938 bits per heavy atom. The Labute approximate surface area is 189 Å². The van der Waals surface area contributed by atoms with Gasteiger partial charge in [0.2, 0.25) is 0 Å². The monoisotopic (exact) mass is 420 g/mol. The second kappa shape index (κ2) is 7.33. The van der Waals surface area contributed by atoms with Gasteiger partial charge in [0.15, 0.2) is 0 Å². The molecule has 6 rings (SSSR count). The highest BCUT2D eigenvalue weighted by Gasteiger charge is 2.34. The smallest absolute Gasteiger partial charge is 0.0784 e. The zero-order chi connectivity index (χ0) is 21.7. The Morgan fingerprint density at radius 3 is 2.44 bits per heavy atom. The molecule has 2 N–H and O–H groups in total. The molecule has 1 saturated carbocycles. The molecule has 0 radical (unpaired) electrons. The molecule has 4 heteroatoms. The van der Waals surface area contributed by atoms with E-state index >= 15 is 0 Å². The van der Waals surface area contributed by atoms with E-state index in [0.29, 0.717) is 6.04 Å². The van der Waals surface area contributed by atoms with Crippen molar-refractivity contribution in [2.45, 2.75) is 51.0 Å². The fraction of sp³-hybridized carbons (Fsp3) is 0.286. The summed E-state index contributed by atoms with van der Waals surface area (Å²) in [5, 5.41) is 11.3. The summed E-state index contributed by atoms with van der Waals surface area (Å²) in [4.78, 5) is 5.28. The summed E-state index contributed by atoms with van der Waals surface area (Å²) in [6.45, 7) is 4.55.